The number of anilines is 1. The highest BCUT2D eigenvalue weighted by Crippen LogP contribution is 2.25. The molecule has 2 aromatic heterocycles. The zero-order chi connectivity index (χ0) is 20.3. The van der Waals surface area contributed by atoms with Gasteiger partial charge < -0.3 is 15.1 Å². The SMILES string of the molecule is Cc1cc(C)c2c(N(C)C)nc(C(=O)NCCN(C)C3CCCCC3)nc2n1. The molecule has 0 saturated heterocycles. The first-order valence-corrected chi connectivity index (χ1v) is 10.2. The van der Waals surface area contributed by atoms with Crippen molar-refractivity contribution in [1.82, 2.24) is 25.2 Å². The number of amides is 1. The van der Waals surface area contributed by atoms with Gasteiger partial charge in [0.25, 0.3) is 5.91 Å². The second kappa shape index (κ2) is 8.82. The third-order valence-corrected chi connectivity index (χ3v) is 5.55. The number of pyridine rings is 1. The van der Waals surface area contributed by atoms with Gasteiger partial charge in [-0.3, -0.25) is 4.79 Å². The van der Waals surface area contributed by atoms with Crippen LogP contribution in [0.2, 0.25) is 0 Å². The van der Waals surface area contributed by atoms with Gasteiger partial charge in [0.05, 0.1) is 5.39 Å². The van der Waals surface area contributed by atoms with Crippen molar-refractivity contribution >= 4 is 22.8 Å². The largest absolute Gasteiger partial charge is 0.362 e. The fraction of sp³-hybridized carbons (Fsp3) is 0.619. The second-order valence-electron chi connectivity index (χ2n) is 8.07. The molecule has 0 aromatic carbocycles. The molecule has 1 N–H and O–H groups in total. The van der Waals surface area contributed by atoms with Gasteiger partial charge in [-0.25, -0.2) is 15.0 Å². The minimum Gasteiger partial charge on any atom is -0.362 e. The summed E-state index contributed by atoms with van der Waals surface area (Å²) in [7, 11) is 5.98. The van der Waals surface area contributed by atoms with Crippen LogP contribution in [0, 0.1) is 13.8 Å². The van der Waals surface area contributed by atoms with Crippen LogP contribution in [0.3, 0.4) is 0 Å². The minimum atomic E-state index is -0.247. The van der Waals surface area contributed by atoms with Crippen LogP contribution in [0.4, 0.5) is 5.82 Å². The molecule has 1 saturated carbocycles. The lowest BCUT2D eigenvalue weighted by Crippen LogP contribution is -2.39. The molecule has 2 heterocycles. The van der Waals surface area contributed by atoms with Crippen LogP contribution in [0.5, 0.6) is 0 Å². The van der Waals surface area contributed by atoms with E-state index in [0.717, 1.165) is 29.0 Å². The van der Waals surface area contributed by atoms with Crippen molar-refractivity contribution in [1.29, 1.82) is 0 Å². The van der Waals surface area contributed by atoms with Gasteiger partial charge in [0.1, 0.15) is 5.82 Å². The number of carbonyl (C=O) groups is 1. The summed E-state index contributed by atoms with van der Waals surface area (Å²) in [6.07, 6.45) is 6.49. The Bertz CT molecular complexity index is 844. The summed E-state index contributed by atoms with van der Waals surface area (Å²) >= 11 is 0. The van der Waals surface area contributed by atoms with Gasteiger partial charge >= 0.3 is 0 Å². The van der Waals surface area contributed by atoms with E-state index in [1.165, 1.54) is 32.1 Å². The predicted octanol–water partition coefficient (Wildman–Crippen LogP) is 2.70. The van der Waals surface area contributed by atoms with Crippen LogP contribution in [-0.2, 0) is 0 Å². The first kappa shape index (κ1) is 20.5. The second-order valence-corrected chi connectivity index (χ2v) is 8.07. The highest BCUT2D eigenvalue weighted by Gasteiger charge is 2.20. The first-order chi connectivity index (χ1) is 13.4. The zero-order valence-electron chi connectivity index (χ0n) is 17.7. The standard InChI is InChI=1S/C21H32N6O/c1-14-13-15(2)23-18-17(14)20(26(3)4)25-19(24-18)21(28)22-11-12-27(5)16-9-7-6-8-10-16/h13,16H,6-12H2,1-5H3,(H,22,28). The Kier molecular flexibility index (Phi) is 6.44. The van der Waals surface area contributed by atoms with Crippen LogP contribution >= 0.6 is 0 Å². The summed E-state index contributed by atoms with van der Waals surface area (Å²) in [4.78, 5) is 30.5. The van der Waals surface area contributed by atoms with E-state index in [9.17, 15) is 4.79 Å². The van der Waals surface area contributed by atoms with Crippen LogP contribution in [-0.4, -0.2) is 66.0 Å². The molecule has 7 heteroatoms. The van der Waals surface area contributed by atoms with Crippen molar-refractivity contribution in [2.75, 3.05) is 39.1 Å². The van der Waals surface area contributed by atoms with E-state index < -0.39 is 0 Å². The molecule has 2 aromatic rings. The van der Waals surface area contributed by atoms with Gasteiger partial charge in [-0.1, -0.05) is 19.3 Å². The van der Waals surface area contributed by atoms with E-state index in [1.54, 1.807) is 0 Å². The average Bonchev–Trinajstić information content (AvgIpc) is 2.67. The molecule has 0 aliphatic heterocycles. The number of aromatic nitrogens is 3. The summed E-state index contributed by atoms with van der Waals surface area (Å²) in [5.41, 5.74) is 2.52. The third-order valence-electron chi connectivity index (χ3n) is 5.55. The Hall–Kier alpha value is -2.28. The van der Waals surface area contributed by atoms with Crippen molar-refractivity contribution in [3.8, 4) is 0 Å². The molecule has 1 aliphatic carbocycles. The Balaban J connectivity index is 1.72. The Morgan fingerprint density at radius 3 is 2.50 bits per heavy atom. The van der Waals surface area contributed by atoms with Crippen LogP contribution in [0.25, 0.3) is 11.0 Å². The van der Waals surface area contributed by atoms with E-state index in [1.807, 2.05) is 38.9 Å². The Labute approximate surface area is 167 Å². The topological polar surface area (TPSA) is 74.2 Å². The zero-order valence-corrected chi connectivity index (χ0v) is 17.7. The predicted molar refractivity (Wildman–Crippen MR) is 113 cm³/mol. The highest BCUT2D eigenvalue weighted by atomic mass is 16.2. The summed E-state index contributed by atoms with van der Waals surface area (Å²) in [5, 5.41) is 3.87. The lowest BCUT2D eigenvalue weighted by atomic mass is 9.94. The molecule has 28 heavy (non-hydrogen) atoms. The number of carbonyl (C=O) groups excluding carboxylic acids is 1. The van der Waals surface area contributed by atoms with Gasteiger partial charge in [0.15, 0.2) is 5.65 Å². The van der Waals surface area contributed by atoms with Crippen LogP contribution in [0.15, 0.2) is 6.07 Å². The summed E-state index contributed by atoms with van der Waals surface area (Å²) in [6, 6.07) is 2.65. The monoisotopic (exact) mass is 384 g/mol. The molecule has 7 nitrogen and oxygen atoms in total. The van der Waals surface area contributed by atoms with E-state index in [2.05, 4.69) is 32.2 Å². The van der Waals surface area contributed by atoms with E-state index in [0.29, 0.717) is 18.2 Å². The number of aryl methyl sites for hydroxylation is 2. The molecule has 152 valence electrons. The van der Waals surface area contributed by atoms with Gasteiger partial charge in [-0.2, -0.15) is 0 Å². The van der Waals surface area contributed by atoms with Crippen molar-refractivity contribution in [3.63, 3.8) is 0 Å². The van der Waals surface area contributed by atoms with Crippen molar-refractivity contribution in [3.05, 3.63) is 23.1 Å². The van der Waals surface area contributed by atoms with Crippen molar-refractivity contribution < 1.29 is 4.79 Å². The first-order valence-electron chi connectivity index (χ1n) is 10.2. The van der Waals surface area contributed by atoms with Gasteiger partial charge in [0, 0.05) is 38.9 Å². The molecule has 0 bridgehead atoms. The van der Waals surface area contributed by atoms with Crippen LogP contribution < -0.4 is 10.2 Å². The fourth-order valence-corrected chi connectivity index (χ4v) is 4.01. The number of nitrogens with zero attached hydrogens (tertiary/aromatic N) is 5. The number of fused-ring (bicyclic) bond motifs is 1. The van der Waals surface area contributed by atoms with E-state index in [4.69, 9.17) is 0 Å². The maximum Gasteiger partial charge on any atom is 0.289 e. The summed E-state index contributed by atoms with van der Waals surface area (Å²) in [5.74, 6) is 0.650. The number of nitrogens with one attached hydrogen (secondary N) is 1. The average molecular weight is 385 g/mol. The van der Waals surface area contributed by atoms with Gasteiger partial charge in [-0.05, 0) is 45.4 Å². The maximum atomic E-state index is 12.7. The highest BCUT2D eigenvalue weighted by molar-refractivity contribution is 5.96. The molecule has 1 aliphatic rings. The molecule has 0 spiro atoms. The molecule has 0 unspecified atom stereocenters. The van der Waals surface area contributed by atoms with Crippen molar-refractivity contribution in [2.45, 2.75) is 52.0 Å². The number of hydrogen-bond donors (Lipinski definition) is 1. The lowest BCUT2D eigenvalue weighted by molar-refractivity contribution is 0.0934. The lowest BCUT2D eigenvalue weighted by Gasteiger charge is -2.31. The third kappa shape index (κ3) is 4.58. The van der Waals surface area contributed by atoms with Gasteiger partial charge in [0.2, 0.25) is 5.82 Å². The van der Waals surface area contributed by atoms with Gasteiger partial charge in [-0.15, -0.1) is 0 Å². The molecule has 0 atom stereocenters. The number of hydrogen-bond acceptors (Lipinski definition) is 6. The molecular formula is C21H32N6O. The quantitative estimate of drug-likeness (QED) is 0.825. The fourth-order valence-electron chi connectivity index (χ4n) is 4.01. The van der Waals surface area contributed by atoms with E-state index >= 15 is 0 Å². The molecule has 1 fully saturated rings. The normalized spacial score (nSPS) is 15.2. The number of rotatable bonds is 6. The molecule has 3 rings (SSSR count). The summed E-state index contributed by atoms with van der Waals surface area (Å²) in [6.45, 7) is 5.38. The van der Waals surface area contributed by atoms with E-state index in [-0.39, 0.29) is 11.7 Å². The Morgan fingerprint density at radius 2 is 1.82 bits per heavy atom. The van der Waals surface area contributed by atoms with Crippen molar-refractivity contribution in [2.24, 2.45) is 0 Å². The summed E-state index contributed by atoms with van der Waals surface area (Å²) < 4.78 is 0. The van der Waals surface area contributed by atoms with Crippen LogP contribution in [0.1, 0.15) is 54.0 Å². The maximum absolute atomic E-state index is 12.7. The smallest absolute Gasteiger partial charge is 0.289 e. The molecule has 0 radical (unpaired) electrons. The minimum absolute atomic E-state index is 0.175. The number of likely N-dealkylation sites (N-methyl/N-ethyl adjacent to an activating group) is 1. The Morgan fingerprint density at radius 1 is 1.11 bits per heavy atom. The molecule has 1 amide bonds. The molecular weight excluding hydrogens is 352 g/mol.